The van der Waals surface area contributed by atoms with Gasteiger partial charge in [0.25, 0.3) is 5.91 Å². The van der Waals surface area contributed by atoms with Crippen molar-refractivity contribution in [2.45, 2.75) is 6.92 Å². The molecule has 0 unspecified atom stereocenters. The van der Waals surface area contributed by atoms with Crippen LogP contribution in [0.2, 0.25) is 0 Å². The molecule has 2 N–H and O–H groups in total. The van der Waals surface area contributed by atoms with Crippen molar-refractivity contribution in [3.05, 3.63) is 30.2 Å². The molecule has 0 aliphatic rings. The molecule has 0 aliphatic carbocycles. The van der Waals surface area contributed by atoms with Gasteiger partial charge in [0.15, 0.2) is 0 Å². The molecule has 2 aromatic heterocycles. The molecule has 7 heteroatoms. The van der Waals surface area contributed by atoms with E-state index in [0.29, 0.717) is 10.7 Å². The van der Waals surface area contributed by atoms with Gasteiger partial charge in [-0.25, -0.2) is 4.98 Å². The number of carbonyl (C=O) groups excluding carboxylic acids is 1. The minimum atomic E-state index is -0.265. The number of aromatic nitrogens is 3. The maximum Gasteiger partial charge on any atom is 0.274 e. The first-order valence-corrected chi connectivity index (χ1v) is 5.85. The van der Waals surface area contributed by atoms with Crippen LogP contribution in [0, 0.1) is 0 Å². The molecule has 88 valence electrons. The van der Waals surface area contributed by atoms with Gasteiger partial charge in [0.05, 0.1) is 18.1 Å². The Balaban J connectivity index is 2.04. The topological polar surface area (TPSA) is 79.8 Å². The monoisotopic (exact) mass is 249 g/mol. The third-order valence-corrected chi connectivity index (χ3v) is 2.56. The van der Waals surface area contributed by atoms with Crippen LogP contribution < -0.4 is 10.6 Å². The van der Waals surface area contributed by atoms with Gasteiger partial charge < -0.3 is 10.6 Å². The second kappa shape index (κ2) is 5.35. The highest BCUT2D eigenvalue weighted by atomic mass is 32.1. The highest BCUT2D eigenvalue weighted by Crippen LogP contribution is 2.11. The van der Waals surface area contributed by atoms with Gasteiger partial charge in [-0.05, 0) is 19.1 Å². The van der Waals surface area contributed by atoms with Gasteiger partial charge in [0.2, 0.25) is 0 Å². The maximum atomic E-state index is 11.7. The van der Waals surface area contributed by atoms with E-state index >= 15 is 0 Å². The second-order valence-electron chi connectivity index (χ2n) is 3.20. The van der Waals surface area contributed by atoms with Crippen molar-refractivity contribution >= 4 is 28.1 Å². The minimum absolute atomic E-state index is 0.265. The Labute approximate surface area is 102 Å². The van der Waals surface area contributed by atoms with E-state index < -0.39 is 0 Å². The molecule has 6 nitrogen and oxygen atoms in total. The van der Waals surface area contributed by atoms with Crippen LogP contribution in [0.5, 0.6) is 0 Å². The van der Waals surface area contributed by atoms with Gasteiger partial charge in [-0.3, -0.25) is 4.79 Å². The summed E-state index contributed by atoms with van der Waals surface area (Å²) in [5.74, 6) is -0.265. The summed E-state index contributed by atoms with van der Waals surface area (Å²) in [6.45, 7) is 2.82. The van der Waals surface area contributed by atoms with E-state index in [1.54, 1.807) is 12.3 Å². The fourth-order valence-corrected chi connectivity index (χ4v) is 1.65. The standard InChI is InChI=1S/C10H11N5OS/c1-2-11-7-3-4-8(12-5-7)10(16)14-9-6-13-15-17-9/h3-6,11H,2H2,1H3,(H,14,16). The molecule has 0 spiro atoms. The van der Waals surface area contributed by atoms with Gasteiger partial charge >= 0.3 is 0 Å². The number of hydrogen-bond acceptors (Lipinski definition) is 6. The van der Waals surface area contributed by atoms with Crippen LogP contribution in [0.1, 0.15) is 17.4 Å². The number of rotatable bonds is 4. The quantitative estimate of drug-likeness (QED) is 0.860. The third kappa shape index (κ3) is 2.97. The summed E-state index contributed by atoms with van der Waals surface area (Å²) in [6.07, 6.45) is 3.12. The largest absolute Gasteiger partial charge is 0.384 e. The van der Waals surface area contributed by atoms with E-state index in [1.165, 1.54) is 6.20 Å². The molecule has 0 aliphatic heterocycles. The molecule has 0 radical (unpaired) electrons. The van der Waals surface area contributed by atoms with Crippen molar-refractivity contribution in [3.63, 3.8) is 0 Å². The SMILES string of the molecule is CCNc1ccc(C(=O)Nc2cnns2)nc1. The molecule has 0 atom stereocenters. The van der Waals surface area contributed by atoms with E-state index in [9.17, 15) is 4.79 Å². The zero-order valence-corrected chi connectivity index (χ0v) is 9.99. The summed E-state index contributed by atoms with van der Waals surface area (Å²) < 4.78 is 3.65. The third-order valence-electron chi connectivity index (χ3n) is 1.98. The van der Waals surface area contributed by atoms with Crippen molar-refractivity contribution < 1.29 is 4.79 Å². The molecule has 17 heavy (non-hydrogen) atoms. The van der Waals surface area contributed by atoms with Crippen LogP contribution in [0.25, 0.3) is 0 Å². The number of nitrogens with one attached hydrogen (secondary N) is 2. The number of nitrogens with zero attached hydrogens (tertiary/aromatic N) is 3. The Morgan fingerprint density at radius 2 is 2.29 bits per heavy atom. The number of hydrogen-bond donors (Lipinski definition) is 2. The minimum Gasteiger partial charge on any atom is -0.384 e. The summed E-state index contributed by atoms with van der Waals surface area (Å²) in [7, 11) is 0. The molecular formula is C10H11N5OS. The van der Waals surface area contributed by atoms with E-state index in [-0.39, 0.29) is 5.91 Å². The van der Waals surface area contributed by atoms with Crippen LogP contribution in [-0.2, 0) is 0 Å². The predicted molar refractivity (Wildman–Crippen MR) is 66.3 cm³/mol. The molecule has 0 fully saturated rings. The fourth-order valence-electron chi connectivity index (χ4n) is 1.24. The van der Waals surface area contributed by atoms with E-state index in [0.717, 1.165) is 23.8 Å². The smallest absolute Gasteiger partial charge is 0.274 e. The highest BCUT2D eigenvalue weighted by Gasteiger charge is 2.08. The molecule has 1 amide bonds. The summed E-state index contributed by atoms with van der Waals surface area (Å²) in [6, 6.07) is 3.48. The van der Waals surface area contributed by atoms with Crippen LogP contribution in [-0.4, -0.2) is 27.0 Å². The van der Waals surface area contributed by atoms with Gasteiger partial charge in [-0.15, -0.1) is 5.10 Å². The summed E-state index contributed by atoms with van der Waals surface area (Å²) >= 11 is 1.12. The maximum absolute atomic E-state index is 11.7. The van der Waals surface area contributed by atoms with Gasteiger partial charge in [0.1, 0.15) is 10.7 Å². The Bertz CT molecular complexity index is 482. The van der Waals surface area contributed by atoms with Crippen LogP contribution in [0.4, 0.5) is 10.7 Å². The molecule has 2 heterocycles. The van der Waals surface area contributed by atoms with Crippen LogP contribution >= 0.6 is 11.5 Å². The number of carbonyl (C=O) groups is 1. The average molecular weight is 249 g/mol. The lowest BCUT2D eigenvalue weighted by Gasteiger charge is -2.04. The number of amides is 1. The van der Waals surface area contributed by atoms with Gasteiger partial charge in [-0.1, -0.05) is 4.49 Å². The lowest BCUT2D eigenvalue weighted by atomic mass is 10.3. The lowest BCUT2D eigenvalue weighted by molar-refractivity contribution is 0.102. The summed E-state index contributed by atoms with van der Waals surface area (Å²) in [5, 5.41) is 10.0. The number of anilines is 2. The van der Waals surface area contributed by atoms with Gasteiger partial charge in [-0.2, -0.15) is 0 Å². The Morgan fingerprint density at radius 1 is 1.41 bits per heavy atom. The zero-order chi connectivity index (χ0) is 12.1. The summed E-state index contributed by atoms with van der Waals surface area (Å²) in [5.41, 5.74) is 1.25. The molecule has 0 saturated heterocycles. The highest BCUT2D eigenvalue weighted by molar-refractivity contribution is 7.10. The zero-order valence-electron chi connectivity index (χ0n) is 9.17. The van der Waals surface area contributed by atoms with Crippen molar-refractivity contribution in [3.8, 4) is 0 Å². The Kier molecular flexibility index (Phi) is 3.61. The second-order valence-corrected chi connectivity index (χ2v) is 3.98. The first-order chi connectivity index (χ1) is 8.29. The molecule has 2 aromatic rings. The normalized spacial score (nSPS) is 9.94. The molecule has 0 bridgehead atoms. The molecule has 0 aromatic carbocycles. The average Bonchev–Trinajstić information content (AvgIpc) is 2.83. The summed E-state index contributed by atoms with van der Waals surface area (Å²) in [4.78, 5) is 15.8. The molecular weight excluding hydrogens is 238 g/mol. The Morgan fingerprint density at radius 3 is 2.88 bits per heavy atom. The number of pyridine rings is 1. The van der Waals surface area contributed by atoms with Crippen molar-refractivity contribution in [2.24, 2.45) is 0 Å². The molecule has 0 saturated carbocycles. The van der Waals surface area contributed by atoms with Crippen molar-refractivity contribution in [2.75, 3.05) is 17.2 Å². The van der Waals surface area contributed by atoms with E-state index in [2.05, 4.69) is 25.2 Å². The van der Waals surface area contributed by atoms with Crippen LogP contribution in [0.3, 0.4) is 0 Å². The fraction of sp³-hybridized carbons (Fsp3) is 0.200. The van der Waals surface area contributed by atoms with Gasteiger partial charge in [0, 0.05) is 18.1 Å². The van der Waals surface area contributed by atoms with Crippen molar-refractivity contribution in [1.29, 1.82) is 0 Å². The first kappa shape index (κ1) is 11.5. The van der Waals surface area contributed by atoms with Crippen molar-refractivity contribution in [1.82, 2.24) is 14.6 Å². The Hall–Kier alpha value is -2.02. The predicted octanol–water partition coefficient (Wildman–Crippen LogP) is 1.62. The first-order valence-electron chi connectivity index (χ1n) is 5.08. The van der Waals surface area contributed by atoms with E-state index in [1.807, 2.05) is 13.0 Å². The lowest BCUT2D eigenvalue weighted by Crippen LogP contribution is -2.12. The van der Waals surface area contributed by atoms with Crippen LogP contribution in [0.15, 0.2) is 24.5 Å². The van der Waals surface area contributed by atoms with E-state index in [4.69, 9.17) is 0 Å². The molecule has 2 rings (SSSR count).